The molecule has 2 nitrogen and oxygen atoms in total. The Bertz CT molecular complexity index is 113. The molecular formula is C11H23NO. The van der Waals surface area contributed by atoms with Gasteiger partial charge in [0, 0.05) is 6.61 Å². The molecule has 0 saturated carbocycles. The van der Waals surface area contributed by atoms with Crippen molar-refractivity contribution in [3.8, 4) is 0 Å². The second-order valence-electron chi connectivity index (χ2n) is 3.27. The summed E-state index contributed by atoms with van der Waals surface area (Å²) >= 11 is 0. The standard InChI is InChI=1S/C11H23NO/c1-2-3-4-5-6-7-10-13-11-8-9-12/h8-9H,2-7,10-12H2,1H3. The fourth-order valence-electron chi connectivity index (χ4n) is 1.19. The predicted molar refractivity (Wildman–Crippen MR) is 57.5 cm³/mol. The molecule has 13 heavy (non-hydrogen) atoms. The van der Waals surface area contributed by atoms with Gasteiger partial charge in [-0.25, -0.2) is 0 Å². The minimum Gasteiger partial charge on any atom is -0.405 e. The van der Waals surface area contributed by atoms with Gasteiger partial charge in [-0.3, -0.25) is 0 Å². The second-order valence-corrected chi connectivity index (χ2v) is 3.27. The first-order valence-corrected chi connectivity index (χ1v) is 5.36. The average Bonchev–Trinajstić information content (AvgIpc) is 2.16. The summed E-state index contributed by atoms with van der Waals surface area (Å²) in [5.74, 6) is 0. The fraction of sp³-hybridized carbons (Fsp3) is 0.818. The molecule has 0 fully saturated rings. The van der Waals surface area contributed by atoms with Crippen LogP contribution in [0.1, 0.15) is 45.4 Å². The maximum Gasteiger partial charge on any atom is 0.0664 e. The number of ether oxygens (including phenoxy) is 1. The molecular weight excluding hydrogens is 162 g/mol. The number of hydrogen-bond acceptors (Lipinski definition) is 2. The summed E-state index contributed by atoms with van der Waals surface area (Å²) in [6.45, 7) is 3.77. The van der Waals surface area contributed by atoms with E-state index in [4.69, 9.17) is 10.5 Å². The summed E-state index contributed by atoms with van der Waals surface area (Å²) < 4.78 is 5.31. The van der Waals surface area contributed by atoms with Gasteiger partial charge in [0.05, 0.1) is 6.61 Å². The van der Waals surface area contributed by atoms with Gasteiger partial charge in [0.1, 0.15) is 0 Å². The molecule has 0 amide bonds. The van der Waals surface area contributed by atoms with Gasteiger partial charge >= 0.3 is 0 Å². The second kappa shape index (κ2) is 11.5. The lowest BCUT2D eigenvalue weighted by Crippen LogP contribution is -1.95. The van der Waals surface area contributed by atoms with Crippen molar-refractivity contribution < 1.29 is 4.74 Å². The van der Waals surface area contributed by atoms with E-state index in [1.54, 1.807) is 0 Å². The molecule has 0 aliphatic rings. The molecule has 2 heteroatoms. The SMILES string of the molecule is CCCCCCCCOCC=CN. The van der Waals surface area contributed by atoms with Crippen LogP contribution in [0.5, 0.6) is 0 Å². The Kier molecular flexibility index (Phi) is 11.1. The molecule has 0 aliphatic heterocycles. The largest absolute Gasteiger partial charge is 0.405 e. The minimum absolute atomic E-state index is 0.658. The van der Waals surface area contributed by atoms with Gasteiger partial charge in [-0.05, 0) is 18.7 Å². The van der Waals surface area contributed by atoms with Crippen molar-refractivity contribution in [1.29, 1.82) is 0 Å². The summed E-state index contributed by atoms with van der Waals surface area (Å²) in [6.07, 6.45) is 11.3. The number of nitrogens with two attached hydrogens (primary N) is 1. The lowest BCUT2D eigenvalue weighted by molar-refractivity contribution is 0.157. The van der Waals surface area contributed by atoms with Gasteiger partial charge in [-0.15, -0.1) is 0 Å². The first-order valence-electron chi connectivity index (χ1n) is 5.36. The topological polar surface area (TPSA) is 35.2 Å². The zero-order chi connectivity index (χ0) is 9.78. The Hall–Kier alpha value is -0.500. The van der Waals surface area contributed by atoms with Gasteiger partial charge in [0.25, 0.3) is 0 Å². The van der Waals surface area contributed by atoms with Gasteiger partial charge < -0.3 is 10.5 Å². The van der Waals surface area contributed by atoms with Gasteiger partial charge in [-0.1, -0.05) is 39.0 Å². The highest BCUT2D eigenvalue weighted by Gasteiger charge is 1.89. The number of unbranched alkanes of at least 4 members (excludes halogenated alkanes) is 5. The highest BCUT2D eigenvalue weighted by molar-refractivity contribution is 4.74. The summed E-state index contributed by atoms with van der Waals surface area (Å²) in [6, 6.07) is 0. The summed E-state index contributed by atoms with van der Waals surface area (Å²) in [7, 11) is 0. The monoisotopic (exact) mass is 185 g/mol. The zero-order valence-corrected chi connectivity index (χ0v) is 8.80. The van der Waals surface area contributed by atoms with Crippen LogP contribution in [-0.2, 0) is 4.74 Å². The van der Waals surface area contributed by atoms with E-state index in [1.807, 2.05) is 6.08 Å². The molecule has 78 valence electrons. The Morgan fingerprint density at radius 1 is 1.08 bits per heavy atom. The van der Waals surface area contributed by atoms with Crippen molar-refractivity contribution in [2.45, 2.75) is 45.4 Å². The summed E-state index contributed by atoms with van der Waals surface area (Å²) in [5.41, 5.74) is 5.16. The smallest absolute Gasteiger partial charge is 0.0664 e. The van der Waals surface area contributed by atoms with Crippen LogP contribution in [0.3, 0.4) is 0 Å². The quantitative estimate of drug-likeness (QED) is 0.561. The summed E-state index contributed by atoms with van der Waals surface area (Å²) in [4.78, 5) is 0. The van der Waals surface area contributed by atoms with E-state index in [1.165, 1.54) is 44.7 Å². The molecule has 0 radical (unpaired) electrons. The van der Waals surface area contributed by atoms with Crippen LogP contribution in [0.15, 0.2) is 12.3 Å². The molecule has 0 saturated heterocycles. The highest BCUT2D eigenvalue weighted by atomic mass is 16.5. The van der Waals surface area contributed by atoms with Crippen LogP contribution in [0.25, 0.3) is 0 Å². The first kappa shape index (κ1) is 12.5. The minimum atomic E-state index is 0.658. The Morgan fingerprint density at radius 2 is 1.77 bits per heavy atom. The van der Waals surface area contributed by atoms with E-state index < -0.39 is 0 Å². The zero-order valence-electron chi connectivity index (χ0n) is 8.80. The molecule has 0 aromatic rings. The van der Waals surface area contributed by atoms with Crippen molar-refractivity contribution in [2.24, 2.45) is 5.73 Å². The van der Waals surface area contributed by atoms with Gasteiger partial charge in [-0.2, -0.15) is 0 Å². The van der Waals surface area contributed by atoms with E-state index in [0.717, 1.165) is 6.61 Å². The Morgan fingerprint density at radius 3 is 2.46 bits per heavy atom. The third-order valence-electron chi connectivity index (χ3n) is 1.99. The van der Waals surface area contributed by atoms with Crippen LogP contribution >= 0.6 is 0 Å². The normalized spacial score (nSPS) is 11.2. The predicted octanol–water partition coefficient (Wildman–Crippen LogP) is 2.84. The maximum atomic E-state index is 5.31. The van der Waals surface area contributed by atoms with E-state index in [9.17, 15) is 0 Å². The van der Waals surface area contributed by atoms with Gasteiger partial charge in [0.15, 0.2) is 0 Å². The van der Waals surface area contributed by atoms with Crippen molar-refractivity contribution in [3.05, 3.63) is 12.3 Å². The van der Waals surface area contributed by atoms with Crippen LogP contribution in [-0.4, -0.2) is 13.2 Å². The van der Waals surface area contributed by atoms with E-state index in [-0.39, 0.29) is 0 Å². The van der Waals surface area contributed by atoms with E-state index >= 15 is 0 Å². The maximum absolute atomic E-state index is 5.31. The van der Waals surface area contributed by atoms with Crippen LogP contribution in [0.2, 0.25) is 0 Å². The van der Waals surface area contributed by atoms with Crippen molar-refractivity contribution in [2.75, 3.05) is 13.2 Å². The fourth-order valence-corrected chi connectivity index (χ4v) is 1.19. The van der Waals surface area contributed by atoms with E-state index in [2.05, 4.69) is 6.92 Å². The Balaban J connectivity index is 2.83. The number of hydrogen-bond donors (Lipinski definition) is 1. The molecule has 0 unspecified atom stereocenters. The Labute approximate surface area is 82.2 Å². The molecule has 0 rings (SSSR count). The molecule has 0 atom stereocenters. The number of rotatable bonds is 9. The molecule has 0 heterocycles. The molecule has 0 aromatic carbocycles. The molecule has 0 aromatic heterocycles. The van der Waals surface area contributed by atoms with Crippen molar-refractivity contribution in [3.63, 3.8) is 0 Å². The first-order chi connectivity index (χ1) is 6.41. The van der Waals surface area contributed by atoms with Crippen LogP contribution in [0, 0.1) is 0 Å². The molecule has 0 aliphatic carbocycles. The third kappa shape index (κ3) is 11.5. The average molecular weight is 185 g/mol. The molecule has 2 N–H and O–H groups in total. The summed E-state index contributed by atoms with van der Waals surface area (Å²) in [5, 5.41) is 0. The highest BCUT2D eigenvalue weighted by Crippen LogP contribution is 2.04. The third-order valence-corrected chi connectivity index (χ3v) is 1.99. The lowest BCUT2D eigenvalue weighted by Gasteiger charge is -2.01. The van der Waals surface area contributed by atoms with E-state index in [0.29, 0.717) is 6.61 Å². The molecule has 0 spiro atoms. The van der Waals surface area contributed by atoms with Crippen LogP contribution < -0.4 is 5.73 Å². The van der Waals surface area contributed by atoms with Crippen LogP contribution in [0.4, 0.5) is 0 Å². The lowest BCUT2D eigenvalue weighted by atomic mass is 10.1. The van der Waals surface area contributed by atoms with Gasteiger partial charge in [0.2, 0.25) is 0 Å². The molecule has 0 bridgehead atoms. The van der Waals surface area contributed by atoms with Crippen molar-refractivity contribution in [1.82, 2.24) is 0 Å². The van der Waals surface area contributed by atoms with Crippen molar-refractivity contribution >= 4 is 0 Å².